The molecule has 8 atom stereocenters. The molecule has 4 aliphatic rings. The molecule has 0 aromatic rings. The van der Waals surface area contributed by atoms with Crippen LogP contribution >= 0.6 is 0 Å². The maximum Gasteiger partial charge on any atom is 0.333 e. The van der Waals surface area contributed by atoms with E-state index in [1.165, 1.54) is 0 Å². The van der Waals surface area contributed by atoms with Crippen LogP contribution in [0.3, 0.4) is 0 Å². The summed E-state index contributed by atoms with van der Waals surface area (Å²) in [4.78, 5) is 24.3. The molecule has 25 heavy (non-hydrogen) atoms. The van der Waals surface area contributed by atoms with E-state index in [1.54, 1.807) is 13.0 Å². The zero-order valence-electron chi connectivity index (χ0n) is 15.7. The third-order valence-corrected chi connectivity index (χ3v) is 7.32. The van der Waals surface area contributed by atoms with Gasteiger partial charge in [0.2, 0.25) is 0 Å². The van der Waals surface area contributed by atoms with E-state index in [4.69, 9.17) is 14.2 Å². The Labute approximate surface area is 149 Å². The molecule has 1 spiro atoms. The molecule has 0 aromatic heterocycles. The zero-order chi connectivity index (χ0) is 18.1. The van der Waals surface area contributed by atoms with Gasteiger partial charge in [-0.05, 0) is 39.5 Å². The fourth-order valence-corrected chi connectivity index (χ4v) is 5.74. The first-order chi connectivity index (χ1) is 11.7. The first-order valence-corrected chi connectivity index (χ1v) is 9.47. The summed E-state index contributed by atoms with van der Waals surface area (Å²) in [5.74, 6) is 0.260. The summed E-state index contributed by atoms with van der Waals surface area (Å²) in [6.45, 7) is 9.91. The number of hydrogen-bond acceptors (Lipinski definition) is 5. The summed E-state index contributed by atoms with van der Waals surface area (Å²) in [5.41, 5.74) is 0.116. The highest BCUT2D eigenvalue weighted by atomic mass is 16.6. The standard InChI is InChI=1S/C20H28O5/c1-6-10(2)17(21)24-15-9-19(5)20(25-19)8-13-12(4)18(22)23-14(13)7-11(3)16(15)20/h6,11-16H,7-9H2,1-5H3/b10-6-/t11-,12-,13-,14-,15+,16-,19-,20+/m1/s1. The van der Waals surface area contributed by atoms with E-state index in [2.05, 4.69) is 13.8 Å². The van der Waals surface area contributed by atoms with Crippen LogP contribution in [-0.2, 0) is 23.8 Å². The molecular formula is C20H28O5. The predicted octanol–water partition coefficient (Wildman–Crippen LogP) is 3.02. The van der Waals surface area contributed by atoms with Crippen molar-refractivity contribution in [2.24, 2.45) is 23.7 Å². The van der Waals surface area contributed by atoms with E-state index in [0.717, 1.165) is 19.3 Å². The Morgan fingerprint density at radius 1 is 1.32 bits per heavy atom. The van der Waals surface area contributed by atoms with Crippen molar-refractivity contribution in [2.75, 3.05) is 0 Å². The summed E-state index contributed by atoms with van der Waals surface area (Å²) in [7, 11) is 0. The van der Waals surface area contributed by atoms with Crippen molar-refractivity contribution in [1.29, 1.82) is 0 Å². The molecule has 4 rings (SSSR count). The van der Waals surface area contributed by atoms with Crippen molar-refractivity contribution >= 4 is 11.9 Å². The van der Waals surface area contributed by atoms with Crippen molar-refractivity contribution in [3.05, 3.63) is 11.6 Å². The molecule has 0 radical (unpaired) electrons. The van der Waals surface area contributed by atoms with Crippen LogP contribution in [0.4, 0.5) is 0 Å². The van der Waals surface area contributed by atoms with Gasteiger partial charge in [0.05, 0.1) is 11.5 Å². The molecule has 2 saturated heterocycles. The average molecular weight is 348 g/mol. The minimum absolute atomic E-state index is 0.0282. The van der Waals surface area contributed by atoms with E-state index >= 15 is 0 Å². The fraction of sp³-hybridized carbons (Fsp3) is 0.800. The topological polar surface area (TPSA) is 65.1 Å². The van der Waals surface area contributed by atoms with Gasteiger partial charge in [-0.2, -0.15) is 0 Å². The van der Waals surface area contributed by atoms with Gasteiger partial charge < -0.3 is 14.2 Å². The largest absolute Gasteiger partial charge is 0.462 e. The molecule has 0 bridgehead atoms. The SMILES string of the molecule is C/C=C(/C)C(=O)O[C@H]1C[C@@]2(C)O[C@]23C[C@H]2[C@@H](C[C@@H](C)[C@H]13)OC(=O)[C@@H]2C. The summed E-state index contributed by atoms with van der Waals surface area (Å²) < 4.78 is 17.8. The molecule has 0 amide bonds. The highest BCUT2D eigenvalue weighted by molar-refractivity contribution is 5.87. The third-order valence-electron chi connectivity index (χ3n) is 7.32. The second-order valence-electron chi connectivity index (χ2n) is 8.71. The maximum atomic E-state index is 12.3. The van der Waals surface area contributed by atoms with Crippen molar-refractivity contribution in [3.8, 4) is 0 Å². The van der Waals surface area contributed by atoms with Gasteiger partial charge in [-0.15, -0.1) is 0 Å². The minimum atomic E-state index is -0.275. The van der Waals surface area contributed by atoms with Crippen molar-refractivity contribution in [2.45, 2.75) is 77.3 Å². The lowest BCUT2D eigenvalue weighted by atomic mass is 9.77. The number of esters is 2. The number of hydrogen-bond donors (Lipinski definition) is 0. The number of epoxide rings is 1. The molecule has 2 aliphatic heterocycles. The molecule has 2 heterocycles. The molecule has 0 unspecified atom stereocenters. The van der Waals surface area contributed by atoms with Gasteiger partial charge >= 0.3 is 11.9 Å². The smallest absolute Gasteiger partial charge is 0.333 e. The van der Waals surface area contributed by atoms with Crippen molar-refractivity contribution < 1.29 is 23.8 Å². The second kappa shape index (κ2) is 5.32. The Bertz CT molecular complexity index is 654. The molecule has 5 heteroatoms. The monoisotopic (exact) mass is 348 g/mol. The highest BCUT2D eigenvalue weighted by Gasteiger charge is 2.80. The Morgan fingerprint density at radius 3 is 2.72 bits per heavy atom. The lowest BCUT2D eigenvalue weighted by Crippen LogP contribution is -2.37. The number of carbonyl (C=O) groups excluding carboxylic acids is 2. The normalized spacial score (nSPS) is 51.1. The number of carbonyl (C=O) groups is 2. The lowest BCUT2D eigenvalue weighted by Gasteiger charge is -2.30. The van der Waals surface area contributed by atoms with Gasteiger partial charge in [0.1, 0.15) is 17.8 Å². The van der Waals surface area contributed by atoms with Gasteiger partial charge in [0.15, 0.2) is 0 Å². The van der Waals surface area contributed by atoms with Crippen LogP contribution in [0.25, 0.3) is 0 Å². The average Bonchev–Trinajstić information content (AvgIpc) is 2.98. The Kier molecular flexibility index (Phi) is 3.63. The van der Waals surface area contributed by atoms with E-state index in [0.29, 0.717) is 5.57 Å². The van der Waals surface area contributed by atoms with E-state index in [1.807, 2.05) is 13.8 Å². The number of rotatable bonds is 2. The van der Waals surface area contributed by atoms with Gasteiger partial charge in [-0.1, -0.05) is 19.9 Å². The first kappa shape index (κ1) is 17.1. The quantitative estimate of drug-likeness (QED) is 0.436. The summed E-state index contributed by atoms with van der Waals surface area (Å²) in [6.07, 6.45) is 4.02. The van der Waals surface area contributed by atoms with Crippen LogP contribution in [0.1, 0.15) is 53.9 Å². The van der Waals surface area contributed by atoms with Gasteiger partial charge in [-0.25, -0.2) is 4.79 Å². The molecular weight excluding hydrogens is 320 g/mol. The summed E-state index contributed by atoms with van der Waals surface area (Å²) >= 11 is 0. The summed E-state index contributed by atoms with van der Waals surface area (Å²) in [5, 5.41) is 0. The van der Waals surface area contributed by atoms with Crippen LogP contribution in [-0.4, -0.2) is 35.3 Å². The Hall–Kier alpha value is -1.36. The molecule has 5 nitrogen and oxygen atoms in total. The van der Waals surface area contributed by atoms with Gasteiger partial charge in [-0.3, -0.25) is 4.79 Å². The van der Waals surface area contributed by atoms with Crippen LogP contribution in [0.2, 0.25) is 0 Å². The van der Waals surface area contributed by atoms with Crippen LogP contribution < -0.4 is 0 Å². The van der Waals surface area contributed by atoms with Gasteiger partial charge in [0, 0.05) is 23.8 Å². The molecule has 2 aliphatic carbocycles. The minimum Gasteiger partial charge on any atom is -0.462 e. The Morgan fingerprint density at radius 2 is 2.04 bits per heavy atom. The molecule has 138 valence electrons. The van der Waals surface area contributed by atoms with E-state index in [-0.39, 0.29) is 59.0 Å². The van der Waals surface area contributed by atoms with Gasteiger partial charge in [0.25, 0.3) is 0 Å². The molecule has 2 saturated carbocycles. The predicted molar refractivity (Wildman–Crippen MR) is 90.6 cm³/mol. The lowest BCUT2D eigenvalue weighted by molar-refractivity contribution is -0.150. The van der Waals surface area contributed by atoms with E-state index < -0.39 is 0 Å². The highest BCUT2D eigenvalue weighted by Crippen LogP contribution is 2.69. The number of ether oxygens (including phenoxy) is 3. The second-order valence-corrected chi connectivity index (χ2v) is 8.71. The third kappa shape index (κ3) is 2.24. The Balaban J connectivity index is 1.62. The van der Waals surface area contributed by atoms with Crippen LogP contribution in [0.5, 0.6) is 0 Å². The fourth-order valence-electron chi connectivity index (χ4n) is 5.74. The molecule has 0 N–H and O–H groups in total. The maximum absolute atomic E-state index is 12.3. The van der Waals surface area contributed by atoms with Crippen molar-refractivity contribution in [3.63, 3.8) is 0 Å². The molecule has 4 fully saturated rings. The first-order valence-electron chi connectivity index (χ1n) is 9.47. The zero-order valence-corrected chi connectivity index (χ0v) is 15.7. The summed E-state index contributed by atoms with van der Waals surface area (Å²) in [6, 6.07) is 0. The van der Waals surface area contributed by atoms with Crippen LogP contribution in [0.15, 0.2) is 11.6 Å². The number of fused-ring (bicyclic) bond motifs is 1. The van der Waals surface area contributed by atoms with E-state index in [9.17, 15) is 9.59 Å². The molecule has 0 aromatic carbocycles. The van der Waals surface area contributed by atoms with Crippen LogP contribution in [0, 0.1) is 23.7 Å². The van der Waals surface area contributed by atoms with Crippen molar-refractivity contribution in [1.82, 2.24) is 0 Å². The number of allylic oxidation sites excluding steroid dienone is 1.